The minimum absolute atomic E-state index is 0.309. The Kier molecular flexibility index (Phi) is 8.87. The molecular weight excluding hydrogens is 198 g/mol. The molecule has 0 aliphatic heterocycles. The van der Waals surface area contributed by atoms with Crippen LogP contribution in [0.15, 0.2) is 5.16 Å². The van der Waals surface area contributed by atoms with E-state index in [4.69, 9.17) is 10.9 Å². The molecule has 0 radical (unpaired) electrons. The van der Waals surface area contributed by atoms with E-state index in [1.807, 2.05) is 11.8 Å². The molecule has 1 atom stereocenters. The second-order valence-electron chi connectivity index (χ2n) is 3.33. The van der Waals surface area contributed by atoms with Crippen LogP contribution in [-0.2, 0) is 0 Å². The zero-order valence-corrected chi connectivity index (χ0v) is 9.81. The van der Waals surface area contributed by atoms with Crippen molar-refractivity contribution in [2.75, 3.05) is 18.6 Å². The Morgan fingerprint density at radius 3 is 2.93 bits per heavy atom. The van der Waals surface area contributed by atoms with Crippen LogP contribution in [0.1, 0.15) is 26.2 Å². The Morgan fingerprint density at radius 2 is 2.36 bits per heavy atom. The fourth-order valence-electron chi connectivity index (χ4n) is 1.06. The lowest BCUT2D eigenvalue weighted by molar-refractivity contribution is 0.316. The molecular formula is C9H21N3OS. The van der Waals surface area contributed by atoms with Gasteiger partial charge in [0.25, 0.3) is 0 Å². The molecule has 4 N–H and O–H groups in total. The third-order valence-corrected chi connectivity index (χ3v) is 2.63. The summed E-state index contributed by atoms with van der Waals surface area (Å²) in [7, 11) is 0. The van der Waals surface area contributed by atoms with Crippen LogP contribution in [0, 0.1) is 0 Å². The fourth-order valence-corrected chi connectivity index (χ4v) is 1.65. The van der Waals surface area contributed by atoms with Crippen LogP contribution in [0.4, 0.5) is 0 Å². The first-order valence-corrected chi connectivity index (χ1v) is 6.28. The van der Waals surface area contributed by atoms with Gasteiger partial charge in [-0.05, 0) is 38.3 Å². The van der Waals surface area contributed by atoms with Crippen molar-refractivity contribution in [3.05, 3.63) is 0 Å². The standard InChI is InChI=1S/C9H21N3OS/c1-8(5-7-14-2)11-6-3-4-9(10)12-13/h8,11,13H,3-7H2,1-2H3,(H2,10,12). The molecule has 0 fully saturated rings. The molecule has 4 nitrogen and oxygen atoms in total. The molecule has 0 amide bonds. The Morgan fingerprint density at radius 1 is 1.64 bits per heavy atom. The zero-order chi connectivity index (χ0) is 10.8. The molecule has 5 heteroatoms. The molecule has 0 rings (SSSR count). The predicted octanol–water partition coefficient (Wildman–Crippen LogP) is 1.24. The van der Waals surface area contributed by atoms with E-state index in [1.165, 1.54) is 12.2 Å². The molecule has 0 spiro atoms. The van der Waals surface area contributed by atoms with Crippen molar-refractivity contribution in [1.82, 2.24) is 5.32 Å². The number of oxime groups is 1. The van der Waals surface area contributed by atoms with Gasteiger partial charge in [-0.25, -0.2) is 0 Å². The molecule has 0 saturated carbocycles. The largest absolute Gasteiger partial charge is 0.409 e. The van der Waals surface area contributed by atoms with Gasteiger partial charge in [-0.1, -0.05) is 5.16 Å². The van der Waals surface area contributed by atoms with E-state index >= 15 is 0 Å². The lowest BCUT2D eigenvalue weighted by atomic mass is 10.2. The van der Waals surface area contributed by atoms with Crippen LogP contribution in [-0.4, -0.2) is 35.6 Å². The number of hydrogen-bond donors (Lipinski definition) is 3. The maximum absolute atomic E-state index is 8.30. The van der Waals surface area contributed by atoms with Crippen LogP contribution in [0.2, 0.25) is 0 Å². The molecule has 0 heterocycles. The summed E-state index contributed by atoms with van der Waals surface area (Å²) in [5.74, 6) is 1.50. The zero-order valence-electron chi connectivity index (χ0n) is 8.99. The van der Waals surface area contributed by atoms with Crippen molar-refractivity contribution in [2.45, 2.75) is 32.2 Å². The van der Waals surface area contributed by atoms with E-state index in [-0.39, 0.29) is 0 Å². The highest BCUT2D eigenvalue weighted by molar-refractivity contribution is 7.98. The first-order valence-electron chi connectivity index (χ1n) is 4.89. The van der Waals surface area contributed by atoms with Crippen LogP contribution in [0.25, 0.3) is 0 Å². The summed E-state index contributed by atoms with van der Waals surface area (Å²) < 4.78 is 0. The van der Waals surface area contributed by atoms with Gasteiger partial charge >= 0.3 is 0 Å². The van der Waals surface area contributed by atoms with Gasteiger partial charge in [0, 0.05) is 12.5 Å². The van der Waals surface area contributed by atoms with Crippen LogP contribution >= 0.6 is 11.8 Å². The lowest BCUT2D eigenvalue weighted by Gasteiger charge is -2.12. The van der Waals surface area contributed by atoms with Crippen LogP contribution in [0.3, 0.4) is 0 Å². The minimum atomic E-state index is 0.309. The molecule has 14 heavy (non-hydrogen) atoms. The van der Waals surface area contributed by atoms with Gasteiger partial charge in [0.2, 0.25) is 0 Å². The topological polar surface area (TPSA) is 70.6 Å². The maximum Gasteiger partial charge on any atom is 0.139 e. The highest BCUT2D eigenvalue weighted by Crippen LogP contribution is 1.99. The van der Waals surface area contributed by atoms with E-state index in [0.29, 0.717) is 18.3 Å². The van der Waals surface area contributed by atoms with E-state index in [9.17, 15) is 0 Å². The first-order chi connectivity index (χ1) is 6.70. The van der Waals surface area contributed by atoms with Crippen molar-refractivity contribution in [1.29, 1.82) is 0 Å². The summed E-state index contributed by atoms with van der Waals surface area (Å²) in [6.07, 6.45) is 4.87. The summed E-state index contributed by atoms with van der Waals surface area (Å²) in [5.41, 5.74) is 5.34. The Labute approximate surface area is 90.3 Å². The third kappa shape index (κ3) is 8.19. The smallest absolute Gasteiger partial charge is 0.139 e. The summed E-state index contributed by atoms with van der Waals surface area (Å²) in [5, 5.41) is 14.6. The monoisotopic (exact) mass is 219 g/mol. The van der Waals surface area contributed by atoms with Crippen molar-refractivity contribution in [3.63, 3.8) is 0 Å². The second-order valence-corrected chi connectivity index (χ2v) is 4.32. The molecule has 84 valence electrons. The summed E-state index contributed by atoms with van der Waals surface area (Å²) in [4.78, 5) is 0. The van der Waals surface area contributed by atoms with Gasteiger partial charge in [0.05, 0.1) is 0 Å². The average Bonchev–Trinajstić information content (AvgIpc) is 2.21. The highest BCUT2D eigenvalue weighted by Gasteiger charge is 2.00. The van der Waals surface area contributed by atoms with Gasteiger partial charge in [-0.2, -0.15) is 11.8 Å². The molecule has 0 bridgehead atoms. The predicted molar refractivity (Wildman–Crippen MR) is 63.1 cm³/mol. The van der Waals surface area contributed by atoms with Gasteiger partial charge in [-0.3, -0.25) is 0 Å². The van der Waals surface area contributed by atoms with Crippen LogP contribution < -0.4 is 11.1 Å². The van der Waals surface area contributed by atoms with E-state index in [0.717, 1.165) is 13.0 Å². The Hall–Kier alpha value is -0.420. The van der Waals surface area contributed by atoms with Crippen LogP contribution in [0.5, 0.6) is 0 Å². The molecule has 0 saturated heterocycles. The Bertz CT molecular complexity index is 164. The van der Waals surface area contributed by atoms with E-state index < -0.39 is 0 Å². The number of amidine groups is 1. The fraction of sp³-hybridized carbons (Fsp3) is 0.889. The SMILES string of the molecule is CSCCC(C)NCCCC(N)=NO. The van der Waals surface area contributed by atoms with Gasteiger partial charge < -0.3 is 16.3 Å². The lowest BCUT2D eigenvalue weighted by Crippen LogP contribution is -2.28. The minimum Gasteiger partial charge on any atom is -0.409 e. The summed E-state index contributed by atoms with van der Waals surface area (Å²) >= 11 is 1.87. The number of hydrogen-bond acceptors (Lipinski definition) is 4. The Balaban J connectivity index is 3.27. The number of nitrogens with two attached hydrogens (primary N) is 1. The van der Waals surface area contributed by atoms with Crippen molar-refractivity contribution in [2.24, 2.45) is 10.9 Å². The van der Waals surface area contributed by atoms with E-state index in [2.05, 4.69) is 23.7 Å². The number of nitrogens with zero attached hydrogens (tertiary/aromatic N) is 1. The molecule has 0 aromatic carbocycles. The molecule has 0 aromatic heterocycles. The van der Waals surface area contributed by atoms with Gasteiger partial charge in [-0.15, -0.1) is 0 Å². The second kappa shape index (κ2) is 9.15. The maximum atomic E-state index is 8.30. The van der Waals surface area contributed by atoms with Crippen molar-refractivity contribution in [3.8, 4) is 0 Å². The molecule has 0 aliphatic carbocycles. The van der Waals surface area contributed by atoms with Crippen molar-refractivity contribution < 1.29 is 5.21 Å². The summed E-state index contributed by atoms with van der Waals surface area (Å²) in [6.45, 7) is 3.10. The number of thioether (sulfide) groups is 1. The first kappa shape index (κ1) is 13.6. The van der Waals surface area contributed by atoms with Crippen molar-refractivity contribution >= 4 is 17.6 Å². The third-order valence-electron chi connectivity index (χ3n) is 1.99. The van der Waals surface area contributed by atoms with Gasteiger partial charge in [0.15, 0.2) is 0 Å². The number of rotatable bonds is 8. The average molecular weight is 219 g/mol. The normalized spacial score (nSPS) is 14.3. The van der Waals surface area contributed by atoms with Gasteiger partial charge in [0.1, 0.15) is 5.84 Å². The molecule has 0 aromatic rings. The quantitative estimate of drug-likeness (QED) is 0.189. The number of nitrogens with one attached hydrogen (secondary N) is 1. The summed E-state index contributed by atoms with van der Waals surface area (Å²) in [6, 6.07) is 0.551. The molecule has 0 aliphatic rings. The highest BCUT2D eigenvalue weighted by atomic mass is 32.2. The molecule has 1 unspecified atom stereocenters. The van der Waals surface area contributed by atoms with E-state index in [1.54, 1.807) is 0 Å².